The van der Waals surface area contributed by atoms with Crippen molar-refractivity contribution in [2.45, 2.75) is 29.8 Å². The van der Waals surface area contributed by atoms with Crippen molar-refractivity contribution < 1.29 is 19.1 Å². The molecule has 30 heavy (non-hydrogen) atoms. The van der Waals surface area contributed by atoms with E-state index in [0.717, 1.165) is 5.56 Å². The van der Waals surface area contributed by atoms with Crippen LogP contribution in [0.1, 0.15) is 22.3 Å². The number of carbonyl (C=O) groups is 2. The Morgan fingerprint density at radius 3 is 2.73 bits per heavy atom. The van der Waals surface area contributed by atoms with Crippen molar-refractivity contribution >= 4 is 34.6 Å². The Balaban J connectivity index is 1.76. The summed E-state index contributed by atoms with van der Waals surface area (Å²) in [4.78, 5) is 41.7. The Kier molecular flexibility index (Phi) is 5.85. The summed E-state index contributed by atoms with van der Waals surface area (Å²) in [6.07, 6.45) is 1.22. The fourth-order valence-electron chi connectivity index (χ4n) is 3.33. The second-order valence-corrected chi connectivity index (χ2v) is 8.04. The molecule has 154 valence electrons. The number of nitrogens with zero attached hydrogens (tertiary/aromatic N) is 2. The van der Waals surface area contributed by atoms with E-state index in [1.165, 1.54) is 18.9 Å². The number of esters is 2. The Morgan fingerprint density at radius 1 is 1.23 bits per heavy atom. The Bertz CT molecular complexity index is 1160. The number of thioether (sulfide) groups is 1. The fourth-order valence-corrected chi connectivity index (χ4v) is 4.42. The number of aryl methyl sites for hydroxylation is 1. The largest absolute Gasteiger partial charge is 0.465 e. The van der Waals surface area contributed by atoms with Gasteiger partial charge in [0, 0.05) is 13.0 Å². The maximum absolute atomic E-state index is 13.3. The van der Waals surface area contributed by atoms with Crippen LogP contribution in [0.4, 0.5) is 0 Å². The van der Waals surface area contributed by atoms with Gasteiger partial charge in [-0.25, -0.2) is 9.78 Å². The van der Waals surface area contributed by atoms with Gasteiger partial charge in [-0.3, -0.25) is 14.2 Å². The molecular formula is C22H20N2O5S. The first-order valence-electron chi connectivity index (χ1n) is 9.57. The molecule has 4 rings (SSSR count). The highest BCUT2D eigenvalue weighted by Crippen LogP contribution is 2.29. The lowest BCUT2D eigenvalue weighted by molar-refractivity contribution is -0.137. The summed E-state index contributed by atoms with van der Waals surface area (Å²) in [6.45, 7) is 0.791. The third-order valence-electron chi connectivity index (χ3n) is 4.94. The van der Waals surface area contributed by atoms with Crippen LogP contribution in [-0.2, 0) is 27.2 Å². The van der Waals surface area contributed by atoms with Crippen molar-refractivity contribution in [2.24, 2.45) is 0 Å². The van der Waals surface area contributed by atoms with E-state index in [-0.39, 0.29) is 11.5 Å². The average molecular weight is 424 g/mol. The minimum atomic E-state index is -0.500. The Labute approximate surface area is 177 Å². The number of hydrogen-bond acceptors (Lipinski definition) is 7. The van der Waals surface area contributed by atoms with Gasteiger partial charge in [-0.1, -0.05) is 42.1 Å². The topological polar surface area (TPSA) is 87.5 Å². The zero-order valence-corrected chi connectivity index (χ0v) is 17.2. The predicted octanol–water partition coefficient (Wildman–Crippen LogP) is 2.83. The van der Waals surface area contributed by atoms with Crippen molar-refractivity contribution in [1.29, 1.82) is 0 Å². The molecule has 1 unspecified atom stereocenters. The van der Waals surface area contributed by atoms with Crippen molar-refractivity contribution in [3.05, 3.63) is 70.0 Å². The number of hydrogen-bond donors (Lipinski definition) is 0. The second kappa shape index (κ2) is 8.71. The summed E-state index contributed by atoms with van der Waals surface area (Å²) in [7, 11) is 1.30. The van der Waals surface area contributed by atoms with Gasteiger partial charge in [0.15, 0.2) is 5.16 Å². The number of carbonyl (C=O) groups excluding carboxylic acids is 2. The van der Waals surface area contributed by atoms with E-state index in [2.05, 4.69) is 4.98 Å². The molecule has 7 nitrogen and oxygen atoms in total. The van der Waals surface area contributed by atoms with E-state index < -0.39 is 11.2 Å². The molecule has 2 aromatic carbocycles. The second-order valence-electron chi connectivity index (χ2n) is 6.87. The van der Waals surface area contributed by atoms with E-state index in [1.807, 2.05) is 30.3 Å². The van der Waals surface area contributed by atoms with Crippen LogP contribution in [0.2, 0.25) is 0 Å². The fraction of sp³-hybridized carbons (Fsp3) is 0.273. The molecule has 0 amide bonds. The van der Waals surface area contributed by atoms with Gasteiger partial charge >= 0.3 is 11.9 Å². The quantitative estimate of drug-likeness (QED) is 0.444. The maximum atomic E-state index is 13.3. The minimum absolute atomic E-state index is 0.207. The summed E-state index contributed by atoms with van der Waals surface area (Å²) in [5.74, 6) is -0.798. The normalized spacial score (nSPS) is 15.9. The number of ether oxygens (including phenoxy) is 2. The van der Waals surface area contributed by atoms with Crippen molar-refractivity contribution in [3.8, 4) is 0 Å². The highest BCUT2D eigenvalue weighted by atomic mass is 32.2. The molecule has 0 aliphatic carbocycles. The molecule has 0 radical (unpaired) electrons. The van der Waals surface area contributed by atoms with E-state index in [0.29, 0.717) is 47.6 Å². The van der Waals surface area contributed by atoms with Crippen molar-refractivity contribution in [2.75, 3.05) is 13.7 Å². The lowest BCUT2D eigenvalue weighted by atomic mass is 10.1. The number of methoxy groups -OCH3 is 1. The third kappa shape index (κ3) is 4.09. The van der Waals surface area contributed by atoms with Crippen molar-refractivity contribution in [1.82, 2.24) is 9.55 Å². The first kappa shape index (κ1) is 20.2. The predicted molar refractivity (Wildman–Crippen MR) is 113 cm³/mol. The molecule has 1 aliphatic heterocycles. The van der Waals surface area contributed by atoms with Crippen LogP contribution in [-0.4, -0.2) is 40.5 Å². The molecule has 1 aliphatic rings. The zero-order chi connectivity index (χ0) is 21.1. The van der Waals surface area contributed by atoms with Gasteiger partial charge in [0.2, 0.25) is 0 Å². The zero-order valence-electron chi connectivity index (χ0n) is 16.4. The summed E-state index contributed by atoms with van der Waals surface area (Å²) >= 11 is 1.23. The third-order valence-corrected chi connectivity index (χ3v) is 6.18. The van der Waals surface area contributed by atoms with Gasteiger partial charge in [-0.2, -0.15) is 0 Å². The number of rotatable bonds is 6. The standard InChI is InChI=1S/C22H20N2O5S/c1-28-20(26)15-7-8-16-17(13-15)23-22(30-18-10-12-29-21(18)27)24(19(16)25)11-9-14-5-3-2-4-6-14/h2-8,13,18H,9-12H2,1H3. The summed E-state index contributed by atoms with van der Waals surface area (Å²) in [6, 6.07) is 14.5. The van der Waals surface area contributed by atoms with E-state index in [1.54, 1.807) is 22.8 Å². The number of fused-ring (bicyclic) bond motifs is 1. The van der Waals surface area contributed by atoms with Crippen LogP contribution in [0.3, 0.4) is 0 Å². The molecule has 0 saturated carbocycles. The van der Waals surface area contributed by atoms with Crippen LogP contribution in [0.25, 0.3) is 10.9 Å². The first-order valence-corrected chi connectivity index (χ1v) is 10.4. The van der Waals surface area contributed by atoms with Crippen LogP contribution >= 0.6 is 11.8 Å². The Morgan fingerprint density at radius 2 is 2.03 bits per heavy atom. The molecule has 1 atom stereocenters. The van der Waals surface area contributed by atoms with Gasteiger partial charge < -0.3 is 9.47 Å². The maximum Gasteiger partial charge on any atom is 0.337 e. The van der Waals surface area contributed by atoms with E-state index in [9.17, 15) is 14.4 Å². The molecule has 1 fully saturated rings. The monoisotopic (exact) mass is 424 g/mol. The molecular weight excluding hydrogens is 404 g/mol. The van der Waals surface area contributed by atoms with Crippen LogP contribution < -0.4 is 5.56 Å². The SMILES string of the molecule is COC(=O)c1ccc2c(=O)n(CCc3ccccc3)c(SC3CCOC3=O)nc2c1. The van der Waals surface area contributed by atoms with Crippen LogP contribution in [0, 0.1) is 0 Å². The first-order chi connectivity index (χ1) is 14.6. The molecule has 1 saturated heterocycles. The van der Waals surface area contributed by atoms with Crippen LogP contribution in [0.5, 0.6) is 0 Å². The van der Waals surface area contributed by atoms with E-state index >= 15 is 0 Å². The molecule has 0 N–H and O–H groups in total. The lowest BCUT2D eigenvalue weighted by Crippen LogP contribution is -2.26. The Hall–Kier alpha value is -3.13. The van der Waals surface area contributed by atoms with Crippen molar-refractivity contribution in [3.63, 3.8) is 0 Å². The summed E-state index contributed by atoms with van der Waals surface area (Å²) in [5, 5.41) is 0.449. The molecule has 3 aromatic rings. The lowest BCUT2D eigenvalue weighted by Gasteiger charge is -2.15. The number of benzene rings is 2. The molecule has 1 aromatic heterocycles. The smallest absolute Gasteiger partial charge is 0.337 e. The minimum Gasteiger partial charge on any atom is -0.465 e. The number of aromatic nitrogens is 2. The highest BCUT2D eigenvalue weighted by molar-refractivity contribution is 8.00. The van der Waals surface area contributed by atoms with Gasteiger partial charge in [0.1, 0.15) is 5.25 Å². The van der Waals surface area contributed by atoms with Crippen LogP contribution in [0.15, 0.2) is 58.5 Å². The number of cyclic esters (lactones) is 1. The molecule has 2 heterocycles. The van der Waals surface area contributed by atoms with Gasteiger partial charge in [0.05, 0.1) is 30.2 Å². The summed E-state index contributed by atoms with van der Waals surface area (Å²) < 4.78 is 11.4. The van der Waals surface area contributed by atoms with E-state index in [4.69, 9.17) is 9.47 Å². The van der Waals surface area contributed by atoms with Gasteiger partial charge in [-0.15, -0.1) is 0 Å². The molecule has 8 heteroatoms. The van der Waals surface area contributed by atoms with Gasteiger partial charge in [0.25, 0.3) is 5.56 Å². The molecule has 0 spiro atoms. The highest BCUT2D eigenvalue weighted by Gasteiger charge is 2.29. The summed E-state index contributed by atoms with van der Waals surface area (Å²) in [5.41, 5.74) is 1.60. The average Bonchev–Trinajstić information content (AvgIpc) is 3.17. The molecule has 0 bridgehead atoms. The van der Waals surface area contributed by atoms with Gasteiger partial charge in [-0.05, 0) is 30.2 Å².